The van der Waals surface area contributed by atoms with E-state index >= 15 is 0 Å². The fourth-order valence-corrected chi connectivity index (χ4v) is 0.894. The molecule has 2 N–H and O–H groups in total. The molecule has 0 bridgehead atoms. The molecule has 0 spiro atoms. The van der Waals surface area contributed by atoms with Crippen molar-refractivity contribution in [3.63, 3.8) is 0 Å². The van der Waals surface area contributed by atoms with E-state index in [1.807, 2.05) is 6.92 Å². The van der Waals surface area contributed by atoms with Crippen molar-refractivity contribution in [2.45, 2.75) is 13.3 Å². The third-order valence-electron chi connectivity index (χ3n) is 1.70. The van der Waals surface area contributed by atoms with Crippen molar-refractivity contribution in [1.29, 1.82) is 0 Å². The molecule has 5 nitrogen and oxygen atoms in total. The summed E-state index contributed by atoms with van der Waals surface area (Å²) < 4.78 is 0. The Morgan fingerprint density at radius 2 is 2.07 bits per heavy atom. The molecule has 0 unspecified atom stereocenters. The minimum absolute atomic E-state index is 0.0546. The van der Waals surface area contributed by atoms with Gasteiger partial charge in [0.2, 0.25) is 0 Å². The first-order valence-electron chi connectivity index (χ1n) is 4.21. The van der Waals surface area contributed by atoms with Crippen LogP contribution in [0.1, 0.15) is 13.3 Å². The predicted octanol–water partition coefficient (Wildman–Crippen LogP) is 1.99. The van der Waals surface area contributed by atoms with E-state index in [1.165, 1.54) is 12.1 Å². The van der Waals surface area contributed by atoms with E-state index in [9.17, 15) is 10.1 Å². The summed E-state index contributed by atoms with van der Waals surface area (Å²) in [6.45, 7) is 1.89. The second-order valence-electron chi connectivity index (χ2n) is 2.73. The summed E-state index contributed by atoms with van der Waals surface area (Å²) in [6.07, 6.45) is 0.664. The van der Waals surface area contributed by atoms with E-state index in [1.54, 1.807) is 12.1 Å². The molecule has 74 valence electrons. The molecular formula is C9H11N3O2. The maximum absolute atomic E-state index is 10.3. The highest BCUT2D eigenvalue weighted by Crippen LogP contribution is 2.17. The number of rotatable bonds is 3. The maximum Gasteiger partial charge on any atom is 0.269 e. The number of aliphatic imine (C=N–C) groups is 1. The molecule has 0 fully saturated rings. The minimum atomic E-state index is -0.448. The summed E-state index contributed by atoms with van der Waals surface area (Å²) in [5, 5.41) is 10.3. The van der Waals surface area contributed by atoms with Gasteiger partial charge in [-0.25, -0.2) is 4.99 Å². The average molecular weight is 193 g/mol. The van der Waals surface area contributed by atoms with Crippen LogP contribution in [0, 0.1) is 10.1 Å². The van der Waals surface area contributed by atoms with E-state index in [-0.39, 0.29) is 5.69 Å². The molecule has 0 aliphatic carbocycles. The zero-order valence-electron chi connectivity index (χ0n) is 7.80. The summed E-state index contributed by atoms with van der Waals surface area (Å²) >= 11 is 0. The third kappa shape index (κ3) is 2.55. The van der Waals surface area contributed by atoms with Gasteiger partial charge in [0, 0.05) is 18.6 Å². The van der Waals surface area contributed by atoms with E-state index in [2.05, 4.69) is 4.99 Å². The molecule has 0 saturated heterocycles. The van der Waals surface area contributed by atoms with Crippen molar-refractivity contribution in [2.24, 2.45) is 10.7 Å². The summed E-state index contributed by atoms with van der Waals surface area (Å²) in [7, 11) is 0. The SMILES string of the molecule is CCC(N)=Nc1ccc([N+](=O)[O-])cc1. The quantitative estimate of drug-likeness (QED) is 0.345. The number of nitrogens with two attached hydrogens (primary N) is 1. The topological polar surface area (TPSA) is 81.5 Å². The zero-order valence-corrected chi connectivity index (χ0v) is 7.80. The smallest absolute Gasteiger partial charge is 0.269 e. The first-order chi connectivity index (χ1) is 6.63. The van der Waals surface area contributed by atoms with Crippen LogP contribution >= 0.6 is 0 Å². The Morgan fingerprint density at radius 3 is 2.50 bits per heavy atom. The van der Waals surface area contributed by atoms with Gasteiger partial charge in [0.15, 0.2) is 0 Å². The number of nitrogens with zero attached hydrogens (tertiary/aromatic N) is 2. The Labute approximate surface area is 81.4 Å². The molecule has 14 heavy (non-hydrogen) atoms. The van der Waals surface area contributed by atoms with Gasteiger partial charge in [-0.2, -0.15) is 0 Å². The molecule has 5 heteroatoms. The Hall–Kier alpha value is -1.91. The zero-order chi connectivity index (χ0) is 10.6. The van der Waals surface area contributed by atoms with Gasteiger partial charge in [-0.05, 0) is 12.1 Å². The molecule has 0 amide bonds. The number of benzene rings is 1. The molecule has 0 aliphatic rings. The van der Waals surface area contributed by atoms with Crippen LogP contribution in [0.25, 0.3) is 0 Å². The Morgan fingerprint density at radius 1 is 1.50 bits per heavy atom. The van der Waals surface area contributed by atoms with Gasteiger partial charge < -0.3 is 5.73 Å². The second-order valence-corrected chi connectivity index (χ2v) is 2.73. The highest BCUT2D eigenvalue weighted by molar-refractivity contribution is 5.82. The van der Waals surface area contributed by atoms with Crippen LogP contribution in [0.15, 0.2) is 29.3 Å². The summed E-state index contributed by atoms with van der Waals surface area (Å²) in [6, 6.07) is 5.95. The molecule has 0 aliphatic heterocycles. The normalized spacial score (nSPS) is 11.4. The first-order valence-corrected chi connectivity index (χ1v) is 4.21. The Bertz CT molecular complexity index is 357. The molecule has 1 aromatic carbocycles. The molecule has 0 aromatic heterocycles. The Balaban J connectivity index is 2.89. The van der Waals surface area contributed by atoms with Crippen molar-refractivity contribution in [2.75, 3.05) is 0 Å². The monoisotopic (exact) mass is 193 g/mol. The van der Waals surface area contributed by atoms with Gasteiger partial charge in [0.05, 0.1) is 16.4 Å². The van der Waals surface area contributed by atoms with Crippen molar-refractivity contribution in [3.05, 3.63) is 34.4 Å². The van der Waals surface area contributed by atoms with Gasteiger partial charge in [0.25, 0.3) is 5.69 Å². The van der Waals surface area contributed by atoms with Gasteiger partial charge >= 0.3 is 0 Å². The highest BCUT2D eigenvalue weighted by Gasteiger charge is 2.02. The molecule has 0 radical (unpaired) electrons. The van der Waals surface area contributed by atoms with Crippen LogP contribution in [0.4, 0.5) is 11.4 Å². The number of non-ortho nitro benzene ring substituents is 1. The lowest BCUT2D eigenvalue weighted by atomic mass is 10.3. The van der Waals surface area contributed by atoms with Crippen LogP contribution < -0.4 is 5.73 Å². The molecule has 0 heterocycles. The second kappa shape index (κ2) is 4.36. The number of amidine groups is 1. The maximum atomic E-state index is 10.3. The van der Waals surface area contributed by atoms with Crippen molar-refractivity contribution < 1.29 is 4.92 Å². The predicted molar refractivity (Wildman–Crippen MR) is 54.7 cm³/mol. The minimum Gasteiger partial charge on any atom is -0.387 e. The van der Waals surface area contributed by atoms with Gasteiger partial charge in [-0.15, -0.1) is 0 Å². The van der Waals surface area contributed by atoms with Crippen molar-refractivity contribution in [1.82, 2.24) is 0 Å². The highest BCUT2D eigenvalue weighted by atomic mass is 16.6. The van der Waals surface area contributed by atoms with Gasteiger partial charge in [-0.1, -0.05) is 6.92 Å². The summed E-state index contributed by atoms with van der Waals surface area (Å²) in [4.78, 5) is 13.9. The fourth-order valence-electron chi connectivity index (χ4n) is 0.894. The number of nitro groups is 1. The molecule has 1 aromatic rings. The largest absolute Gasteiger partial charge is 0.387 e. The fraction of sp³-hybridized carbons (Fsp3) is 0.222. The van der Waals surface area contributed by atoms with Crippen LogP contribution in [0.2, 0.25) is 0 Å². The summed E-state index contributed by atoms with van der Waals surface area (Å²) in [5.74, 6) is 0.513. The standard InChI is InChI=1S/C9H11N3O2/c1-2-9(10)11-7-3-5-8(6-4-7)12(13)14/h3-6H,2H2,1H3,(H2,10,11). The van der Waals surface area contributed by atoms with Crippen LogP contribution in [-0.2, 0) is 0 Å². The third-order valence-corrected chi connectivity index (χ3v) is 1.70. The number of hydrogen-bond donors (Lipinski definition) is 1. The van der Waals surface area contributed by atoms with Crippen molar-refractivity contribution in [3.8, 4) is 0 Å². The number of nitro benzene ring substituents is 1. The van der Waals surface area contributed by atoms with Gasteiger partial charge in [0.1, 0.15) is 0 Å². The van der Waals surface area contributed by atoms with E-state index in [0.717, 1.165) is 0 Å². The van der Waals surface area contributed by atoms with E-state index in [4.69, 9.17) is 5.73 Å². The van der Waals surface area contributed by atoms with E-state index < -0.39 is 4.92 Å². The molecule has 0 atom stereocenters. The molecule has 1 rings (SSSR count). The van der Waals surface area contributed by atoms with Gasteiger partial charge in [-0.3, -0.25) is 10.1 Å². The average Bonchev–Trinajstić information content (AvgIpc) is 2.18. The lowest BCUT2D eigenvalue weighted by Crippen LogP contribution is -2.08. The lowest BCUT2D eigenvalue weighted by Gasteiger charge is -1.96. The first kappa shape index (κ1) is 10.2. The van der Waals surface area contributed by atoms with Crippen LogP contribution in [0.3, 0.4) is 0 Å². The molecule has 0 saturated carbocycles. The lowest BCUT2D eigenvalue weighted by molar-refractivity contribution is -0.384. The number of hydrogen-bond acceptors (Lipinski definition) is 3. The van der Waals surface area contributed by atoms with Crippen LogP contribution in [0.5, 0.6) is 0 Å². The summed E-state index contributed by atoms with van der Waals surface area (Å²) in [5.41, 5.74) is 6.21. The molecular weight excluding hydrogens is 182 g/mol. The Kier molecular flexibility index (Phi) is 3.17. The van der Waals surface area contributed by atoms with E-state index in [0.29, 0.717) is 17.9 Å². The van der Waals surface area contributed by atoms with Crippen LogP contribution in [-0.4, -0.2) is 10.8 Å². The van der Waals surface area contributed by atoms with Crippen molar-refractivity contribution >= 4 is 17.2 Å².